The lowest BCUT2D eigenvalue weighted by atomic mass is 10.1. The van der Waals surface area contributed by atoms with Gasteiger partial charge in [-0.2, -0.15) is 0 Å². The zero-order valence-electron chi connectivity index (χ0n) is 11.2. The van der Waals surface area contributed by atoms with Gasteiger partial charge in [-0.25, -0.2) is 0 Å². The average Bonchev–Trinajstić information content (AvgIpc) is 2.48. The normalized spacial score (nSPS) is 15.0. The standard InChI is InChI=1S/C15H14BrClN2O2/c16-14-12-8-18(7-10-3-1-2-4-11(10)17)5-6-19(12)9-13(20)15(14)21/h1-4,9,20H,5-8H2. The van der Waals surface area contributed by atoms with Crippen LogP contribution in [0.5, 0.6) is 5.75 Å². The third kappa shape index (κ3) is 2.86. The fraction of sp³-hybridized carbons (Fsp3) is 0.267. The van der Waals surface area contributed by atoms with Crippen LogP contribution in [-0.4, -0.2) is 21.1 Å². The third-order valence-electron chi connectivity index (χ3n) is 3.69. The quantitative estimate of drug-likeness (QED) is 0.885. The summed E-state index contributed by atoms with van der Waals surface area (Å²) >= 11 is 9.49. The first-order valence-electron chi connectivity index (χ1n) is 6.63. The first kappa shape index (κ1) is 14.6. The molecule has 1 aliphatic heterocycles. The second kappa shape index (κ2) is 5.83. The van der Waals surface area contributed by atoms with Gasteiger partial charge in [0.25, 0.3) is 0 Å². The van der Waals surface area contributed by atoms with Crippen LogP contribution in [0.4, 0.5) is 0 Å². The molecule has 4 nitrogen and oxygen atoms in total. The van der Waals surface area contributed by atoms with Crippen molar-refractivity contribution in [3.05, 3.63) is 61.4 Å². The molecule has 0 saturated heterocycles. The number of aromatic hydroxyl groups is 1. The monoisotopic (exact) mass is 368 g/mol. The number of rotatable bonds is 2. The van der Waals surface area contributed by atoms with Crippen molar-refractivity contribution < 1.29 is 5.11 Å². The molecule has 3 rings (SSSR count). The van der Waals surface area contributed by atoms with E-state index in [4.69, 9.17) is 11.6 Å². The predicted molar refractivity (Wildman–Crippen MR) is 85.6 cm³/mol. The lowest BCUT2D eigenvalue weighted by molar-refractivity contribution is 0.209. The summed E-state index contributed by atoms with van der Waals surface area (Å²) in [5.74, 6) is -0.217. The van der Waals surface area contributed by atoms with Crippen LogP contribution in [0.3, 0.4) is 0 Å². The highest BCUT2D eigenvalue weighted by molar-refractivity contribution is 9.10. The summed E-state index contributed by atoms with van der Waals surface area (Å²) in [6.45, 7) is 2.95. The first-order valence-corrected chi connectivity index (χ1v) is 7.80. The molecule has 0 amide bonds. The Bertz CT molecular complexity index is 745. The molecule has 110 valence electrons. The molecule has 2 heterocycles. The van der Waals surface area contributed by atoms with Gasteiger partial charge in [-0.3, -0.25) is 9.69 Å². The van der Waals surface area contributed by atoms with Gasteiger partial charge in [0.05, 0.1) is 16.4 Å². The number of nitrogens with zero attached hydrogens (tertiary/aromatic N) is 2. The second-order valence-electron chi connectivity index (χ2n) is 5.10. The van der Waals surface area contributed by atoms with E-state index in [1.54, 1.807) is 0 Å². The molecule has 1 aliphatic rings. The number of hydrogen-bond donors (Lipinski definition) is 1. The van der Waals surface area contributed by atoms with Crippen LogP contribution < -0.4 is 5.43 Å². The van der Waals surface area contributed by atoms with Crippen molar-refractivity contribution in [2.45, 2.75) is 19.6 Å². The van der Waals surface area contributed by atoms with E-state index < -0.39 is 0 Å². The van der Waals surface area contributed by atoms with Crippen LogP contribution in [0, 0.1) is 0 Å². The highest BCUT2D eigenvalue weighted by Crippen LogP contribution is 2.24. The largest absolute Gasteiger partial charge is 0.503 e. The molecule has 21 heavy (non-hydrogen) atoms. The van der Waals surface area contributed by atoms with E-state index in [1.165, 1.54) is 6.20 Å². The van der Waals surface area contributed by atoms with Gasteiger partial charge in [-0.1, -0.05) is 29.8 Å². The predicted octanol–water partition coefficient (Wildman–Crippen LogP) is 2.99. The SMILES string of the molecule is O=c1c(O)cn2c(c1Br)CN(Cc1ccccc1Cl)CC2. The summed E-state index contributed by atoms with van der Waals surface area (Å²) in [6.07, 6.45) is 1.51. The number of fused-ring (bicyclic) bond motifs is 1. The highest BCUT2D eigenvalue weighted by Gasteiger charge is 2.21. The van der Waals surface area contributed by atoms with E-state index in [-0.39, 0.29) is 11.2 Å². The van der Waals surface area contributed by atoms with E-state index in [2.05, 4.69) is 20.8 Å². The van der Waals surface area contributed by atoms with Crippen molar-refractivity contribution in [3.63, 3.8) is 0 Å². The number of hydrogen-bond acceptors (Lipinski definition) is 3. The van der Waals surface area contributed by atoms with Crippen molar-refractivity contribution in [2.24, 2.45) is 0 Å². The van der Waals surface area contributed by atoms with Crippen molar-refractivity contribution >= 4 is 27.5 Å². The maximum absolute atomic E-state index is 11.8. The average molecular weight is 370 g/mol. The Hall–Kier alpha value is -1.30. The minimum atomic E-state index is -0.360. The van der Waals surface area contributed by atoms with E-state index in [0.717, 1.165) is 35.9 Å². The Morgan fingerprint density at radius 1 is 1.29 bits per heavy atom. The number of pyridine rings is 1. The fourth-order valence-electron chi connectivity index (χ4n) is 2.56. The summed E-state index contributed by atoms with van der Waals surface area (Å²) < 4.78 is 2.36. The zero-order valence-corrected chi connectivity index (χ0v) is 13.6. The van der Waals surface area contributed by atoms with Gasteiger partial charge in [0.1, 0.15) is 0 Å². The molecular weight excluding hydrogens is 356 g/mol. The molecule has 0 aliphatic carbocycles. The van der Waals surface area contributed by atoms with Gasteiger partial charge in [0.2, 0.25) is 5.43 Å². The maximum atomic E-state index is 11.8. The van der Waals surface area contributed by atoms with Gasteiger partial charge < -0.3 is 9.67 Å². The topological polar surface area (TPSA) is 45.5 Å². The molecule has 1 aromatic heterocycles. The van der Waals surface area contributed by atoms with Crippen LogP contribution in [0.15, 0.2) is 39.7 Å². The third-order valence-corrected chi connectivity index (χ3v) is 4.88. The van der Waals surface area contributed by atoms with Crippen LogP contribution in [0.25, 0.3) is 0 Å². The lowest BCUT2D eigenvalue weighted by Gasteiger charge is -2.31. The number of benzene rings is 1. The van der Waals surface area contributed by atoms with E-state index in [9.17, 15) is 9.90 Å². The molecule has 0 bridgehead atoms. The number of aromatic nitrogens is 1. The molecule has 6 heteroatoms. The molecule has 1 N–H and O–H groups in total. The van der Waals surface area contributed by atoms with E-state index >= 15 is 0 Å². The maximum Gasteiger partial charge on any atom is 0.237 e. The minimum Gasteiger partial charge on any atom is -0.503 e. The molecule has 0 radical (unpaired) electrons. The Kier molecular flexibility index (Phi) is 4.06. The molecule has 0 saturated carbocycles. The Labute approximate surface area is 135 Å². The fourth-order valence-corrected chi connectivity index (χ4v) is 3.31. The summed E-state index contributed by atoms with van der Waals surface area (Å²) in [5.41, 5.74) is 1.60. The summed E-state index contributed by atoms with van der Waals surface area (Å²) in [5, 5.41) is 10.4. The zero-order chi connectivity index (χ0) is 15.0. The van der Waals surface area contributed by atoms with Crippen molar-refractivity contribution in [2.75, 3.05) is 6.54 Å². The highest BCUT2D eigenvalue weighted by atomic mass is 79.9. The summed E-state index contributed by atoms with van der Waals surface area (Å²) in [6, 6.07) is 7.77. The Morgan fingerprint density at radius 2 is 2.05 bits per heavy atom. The van der Waals surface area contributed by atoms with Crippen molar-refractivity contribution in [3.8, 4) is 5.75 Å². The van der Waals surface area contributed by atoms with Crippen LogP contribution in [-0.2, 0) is 19.6 Å². The minimum absolute atomic E-state index is 0.217. The second-order valence-corrected chi connectivity index (χ2v) is 6.30. The Balaban J connectivity index is 1.87. The van der Waals surface area contributed by atoms with Gasteiger partial charge in [-0.05, 0) is 27.6 Å². The molecule has 0 unspecified atom stereocenters. The van der Waals surface area contributed by atoms with Crippen LogP contribution in [0.1, 0.15) is 11.3 Å². The molecule has 0 fully saturated rings. The molecule has 2 aromatic rings. The van der Waals surface area contributed by atoms with Crippen molar-refractivity contribution in [1.29, 1.82) is 0 Å². The molecule has 0 atom stereocenters. The van der Waals surface area contributed by atoms with E-state index in [1.807, 2.05) is 28.8 Å². The van der Waals surface area contributed by atoms with Gasteiger partial charge >= 0.3 is 0 Å². The summed E-state index contributed by atoms with van der Waals surface area (Å²) in [4.78, 5) is 14.0. The number of halogens is 2. The van der Waals surface area contributed by atoms with Gasteiger partial charge in [0, 0.05) is 31.2 Å². The summed E-state index contributed by atoms with van der Waals surface area (Å²) in [7, 11) is 0. The van der Waals surface area contributed by atoms with Gasteiger partial charge in [-0.15, -0.1) is 0 Å². The van der Waals surface area contributed by atoms with Crippen LogP contribution >= 0.6 is 27.5 Å². The van der Waals surface area contributed by atoms with Gasteiger partial charge in [0.15, 0.2) is 5.75 Å². The smallest absolute Gasteiger partial charge is 0.237 e. The Morgan fingerprint density at radius 3 is 2.81 bits per heavy atom. The lowest BCUT2D eigenvalue weighted by Crippen LogP contribution is -2.35. The molecule has 0 spiro atoms. The molecular formula is C15H14BrClN2O2. The molecule has 1 aromatic carbocycles. The first-order chi connectivity index (χ1) is 10.1. The van der Waals surface area contributed by atoms with Crippen LogP contribution in [0.2, 0.25) is 5.02 Å². The van der Waals surface area contributed by atoms with Crippen molar-refractivity contribution in [1.82, 2.24) is 9.47 Å². The van der Waals surface area contributed by atoms with E-state index in [0.29, 0.717) is 11.0 Å².